The monoisotopic (exact) mass is 474 g/mol. The highest BCUT2D eigenvalue weighted by molar-refractivity contribution is 7.86. The first-order valence-corrected chi connectivity index (χ1v) is 12.2. The van der Waals surface area contributed by atoms with Gasteiger partial charge in [0.25, 0.3) is 0 Å². The number of anilines is 1. The summed E-state index contributed by atoms with van der Waals surface area (Å²) < 4.78 is 25.9. The number of imidazole rings is 1. The van der Waals surface area contributed by atoms with Crippen LogP contribution in [0.3, 0.4) is 0 Å². The van der Waals surface area contributed by atoms with Crippen LogP contribution < -0.4 is 9.64 Å². The number of halogens is 1. The molecule has 2 aromatic heterocycles. The van der Waals surface area contributed by atoms with Gasteiger partial charge in [-0.2, -0.15) is 4.98 Å². The van der Waals surface area contributed by atoms with Gasteiger partial charge in [-0.3, -0.25) is 4.57 Å². The number of rotatable bonds is 7. The smallest absolute Gasteiger partial charge is 0.327 e. The van der Waals surface area contributed by atoms with Crippen molar-refractivity contribution in [1.29, 1.82) is 0 Å². The fraction of sp³-hybridized carbons (Fsp3) is 0.409. The van der Waals surface area contributed by atoms with Gasteiger partial charge in [0.1, 0.15) is 17.3 Å². The molecule has 1 atom stereocenters. The van der Waals surface area contributed by atoms with E-state index in [0.29, 0.717) is 24.9 Å². The lowest BCUT2D eigenvalue weighted by atomic mass is 10.2. The predicted octanol–water partition coefficient (Wildman–Crippen LogP) is 2.96. The average Bonchev–Trinajstić information content (AvgIpc) is 3.52. The van der Waals surface area contributed by atoms with E-state index in [1.807, 2.05) is 41.1 Å². The third-order valence-electron chi connectivity index (χ3n) is 6.00. The second-order valence-corrected chi connectivity index (χ2v) is 10.2. The summed E-state index contributed by atoms with van der Waals surface area (Å²) in [6.45, 7) is 3.38. The van der Waals surface area contributed by atoms with Crippen LogP contribution in [-0.4, -0.2) is 52.9 Å². The Morgan fingerprint density at radius 1 is 1.19 bits per heavy atom. The van der Waals surface area contributed by atoms with Gasteiger partial charge < -0.3 is 14.4 Å². The van der Waals surface area contributed by atoms with E-state index in [4.69, 9.17) is 21.1 Å². The van der Waals surface area contributed by atoms with E-state index in [9.17, 15) is 4.21 Å². The summed E-state index contributed by atoms with van der Waals surface area (Å²) in [5, 5.41) is 0.760. The van der Waals surface area contributed by atoms with Crippen LogP contribution in [0.25, 0.3) is 0 Å². The molecule has 10 heteroatoms. The van der Waals surface area contributed by atoms with Crippen LogP contribution in [0.2, 0.25) is 5.28 Å². The van der Waals surface area contributed by atoms with Crippen molar-refractivity contribution >= 4 is 28.2 Å². The summed E-state index contributed by atoms with van der Waals surface area (Å²) in [5.74, 6) is 1.57. The van der Waals surface area contributed by atoms with Gasteiger partial charge >= 0.3 is 5.16 Å². The maximum absolute atomic E-state index is 13.8. The van der Waals surface area contributed by atoms with Crippen LogP contribution in [0.15, 0.2) is 47.9 Å². The molecule has 1 aliphatic heterocycles. The highest BCUT2D eigenvalue weighted by Gasteiger charge is 2.59. The van der Waals surface area contributed by atoms with Crippen molar-refractivity contribution in [2.45, 2.75) is 29.3 Å². The molecule has 1 unspecified atom stereocenters. The summed E-state index contributed by atoms with van der Waals surface area (Å²) in [6.07, 6.45) is 5.14. The maximum Gasteiger partial charge on any atom is 0.327 e. The van der Waals surface area contributed by atoms with E-state index in [-0.39, 0.29) is 5.28 Å². The van der Waals surface area contributed by atoms with Crippen LogP contribution in [0, 0.1) is 0 Å². The van der Waals surface area contributed by atoms with E-state index in [1.54, 1.807) is 13.3 Å². The Bertz CT molecular complexity index is 1130. The summed E-state index contributed by atoms with van der Waals surface area (Å²) in [6, 6.07) is 9.78. The van der Waals surface area contributed by atoms with Gasteiger partial charge in [0.2, 0.25) is 5.28 Å². The Morgan fingerprint density at radius 3 is 2.62 bits per heavy atom. The lowest BCUT2D eigenvalue weighted by Gasteiger charge is -2.28. The first kappa shape index (κ1) is 21.4. The van der Waals surface area contributed by atoms with Gasteiger partial charge in [0.15, 0.2) is 15.5 Å². The summed E-state index contributed by atoms with van der Waals surface area (Å²) in [7, 11) is -0.185. The van der Waals surface area contributed by atoms with Gasteiger partial charge in [0.05, 0.1) is 33.1 Å². The Hall–Kier alpha value is -2.49. The first-order valence-electron chi connectivity index (χ1n) is 10.6. The second kappa shape index (κ2) is 8.80. The molecule has 8 nitrogen and oxygen atoms in total. The number of thiol groups is 1. The van der Waals surface area contributed by atoms with Crippen LogP contribution >= 0.6 is 11.6 Å². The molecule has 0 spiro atoms. The molecule has 0 bridgehead atoms. The second-order valence-electron chi connectivity index (χ2n) is 8.01. The molecule has 1 saturated carbocycles. The van der Waals surface area contributed by atoms with Gasteiger partial charge in [-0.1, -0.05) is 16.3 Å². The summed E-state index contributed by atoms with van der Waals surface area (Å²) >= 11 is 6.29. The minimum Gasteiger partial charge on any atom is -0.497 e. The summed E-state index contributed by atoms with van der Waals surface area (Å²) in [5.41, 5.74) is 1.82. The lowest BCUT2D eigenvalue weighted by molar-refractivity contribution is 0.122. The molecule has 3 heterocycles. The SMILES string of the molecule is COc1ccc(Cn2ccnc2[SH+](=O)C2(c3cc(N4CCOCC4)nc(Cl)n3)CC2)cc1. The Kier molecular flexibility index (Phi) is 5.88. The predicted molar refractivity (Wildman–Crippen MR) is 123 cm³/mol. The van der Waals surface area contributed by atoms with Crippen molar-refractivity contribution in [1.82, 2.24) is 19.5 Å². The summed E-state index contributed by atoms with van der Waals surface area (Å²) in [4.78, 5) is 15.5. The fourth-order valence-electron chi connectivity index (χ4n) is 4.01. The zero-order valence-electron chi connectivity index (χ0n) is 17.8. The minimum absolute atomic E-state index is 0.181. The number of hydrogen-bond donors (Lipinski definition) is 0. The number of methoxy groups -OCH3 is 1. The average molecular weight is 475 g/mol. The van der Waals surface area contributed by atoms with Crippen molar-refractivity contribution in [3.05, 3.63) is 59.3 Å². The zero-order valence-corrected chi connectivity index (χ0v) is 19.4. The zero-order chi connectivity index (χ0) is 22.1. The molecule has 2 aliphatic rings. The van der Waals surface area contributed by atoms with Crippen molar-refractivity contribution in [3.63, 3.8) is 0 Å². The van der Waals surface area contributed by atoms with Gasteiger partial charge in [-0.25, -0.2) is 9.97 Å². The minimum atomic E-state index is -1.83. The molecule has 168 valence electrons. The van der Waals surface area contributed by atoms with Crippen LogP contribution in [0.1, 0.15) is 24.1 Å². The molecular formula is C22H25ClN5O3S+. The van der Waals surface area contributed by atoms with E-state index >= 15 is 0 Å². The van der Waals surface area contributed by atoms with Crippen LogP contribution in [0.4, 0.5) is 5.82 Å². The van der Waals surface area contributed by atoms with Crippen molar-refractivity contribution in [3.8, 4) is 5.75 Å². The Labute approximate surface area is 194 Å². The maximum atomic E-state index is 13.8. The van der Waals surface area contributed by atoms with Crippen molar-refractivity contribution in [2.24, 2.45) is 0 Å². The lowest BCUT2D eigenvalue weighted by Crippen LogP contribution is -2.37. The molecule has 1 aliphatic carbocycles. The molecule has 5 rings (SSSR count). The largest absolute Gasteiger partial charge is 0.497 e. The molecule has 3 aromatic rings. The molecule has 1 saturated heterocycles. The number of hydrogen-bond acceptors (Lipinski definition) is 7. The number of benzene rings is 1. The Morgan fingerprint density at radius 2 is 1.94 bits per heavy atom. The standard InChI is InChI=1S/C22H24ClN5O3S/c1-30-17-4-2-16(3-5-17)15-28-9-8-24-21(28)32(29)22(6-7-22)18-14-19(26-20(23)25-18)27-10-12-31-13-11-27/h2-5,8-9,14H,6-7,10-13,15H2,1H3/p+1. The highest BCUT2D eigenvalue weighted by Crippen LogP contribution is 2.53. The van der Waals surface area contributed by atoms with Gasteiger partial charge in [0, 0.05) is 38.2 Å². The normalized spacial score (nSPS) is 18.4. The van der Waals surface area contributed by atoms with E-state index < -0.39 is 15.5 Å². The van der Waals surface area contributed by atoms with Gasteiger partial charge in [-0.05, 0) is 29.3 Å². The third kappa shape index (κ3) is 4.12. The number of nitrogens with zero attached hydrogens (tertiary/aromatic N) is 5. The molecule has 2 fully saturated rings. The Balaban J connectivity index is 1.41. The fourth-order valence-corrected chi connectivity index (χ4v) is 5.96. The topological polar surface area (TPSA) is 82.4 Å². The first-order chi connectivity index (χ1) is 15.6. The van der Waals surface area contributed by atoms with E-state index in [0.717, 1.165) is 48.8 Å². The number of morpholine rings is 1. The quantitative estimate of drug-likeness (QED) is 0.296. The highest BCUT2D eigenvalue weighted by atomic mass is 35.5. The number of aromatic nitrogens is 4. The molecule has 32 heavy (non-hydrogen) atoms. The molecular weight excluding hydrogens is 450 g/mol. The number of ether oxygens (including phenoxy) is 2. The van der Waals surface area contributed by atoms with Crippen LogP contribution in [-0.2, 0) is 31.0 Å². The molecule has 0 N–H and O–H groups in total. The van der Waals surface area contributed by atoms with Crippen LogP contribution in [0.5, 0.6) is 5.75 Å². The van der Waals surface area contributed by atoms with Gasteiger partial charge in [-0.15, -0.1) is 0 Å². The van der Waals surface area contributed by atoms with Crippen molar-refractivity contribution in [2.75, 3.05) is 38.3 Å². The molecule has 0 radical (unpaired) electrons. The molecule has 0 amide bonds. The van der Waals surface area contributed by atoms with E-state index in [1.165, 1.54) is 0 Å². The third-order valence-corrected chi connectivity index (χ3v) is 8.36. The van der Waals surface area contributed by atoms with E-state index in [2.05, 4.69) is 19.9 Å². The molecule has 1 aromatic carbocycles. The van der Waals surface area contributed by atoms with Crippen molar-refractivity contribution < 1.29 is 13.7 Å².